The second kappa shape index (κ2) is 6.31. The van der Waals surface area contributed by atoms with Gasteiger partial charge in [0.25, 0.3) is 0 Å². The summed E-state index contributed by atoms with van der Waals surface area (Å²) in [6, 6.07) is 7.10. The average molecular weight is 362 g/mol. The second-order valence-electron chi connectivity index (χ2n) is 6.03. The predicted molar refractivity (Wildman–Crippen MR) is 85.3 cm³/mol. The molecular formula is C15H20ClNO5S. The Balaban J connectivity index is 1.98. The highest BCUT2D eigenvalue weighted by molar-refractivity contribution is 7.83. The van der Waals surface area contributed by atoms with Crippen molar-refractivity contribution >= 4 is 21.9 Å². The van der Waals surface area contributed by atoms with Gasteiger partial charge in [0.1, 0.15) is 6.10 Å². The van der Waals surface area contributed by atoms with Crippen LogP contribution in [0.15, 0.2) is 24.3 Å². The van der Waals surface area contributed by atoms with Crippen LogP contribution in [0.2, 0.25) is 5.02 Å². The fourth-order valence-corrected chi connectivity index (χ4v) is 3.90. The first-order valence-electron chi connectivity index (χ1n) is 7.63. The fraction of sp³-hybridized carbons (Fsp3) is 0.600. The smallest absolute Gasteiger partial charge is 0.337 e. The molecule has 1 aliphatic carbocycles. The number of rotatable bonds is 3. The van der Waals surface area contributed by atoms with Crippen LogP contribution >= 0.6 is 11.6 Å². The molecular weight excluding hydrogens is 342 g/mol. The van der Waals surface area contributed by atoms with E-state index in [9.17, 15) is 13.0 Å². The molecule has 6 nitrogen and oxygen atoms in total. The molecule has 1 spiro atoms. The van der Waals surface area contributed by atoms with E-state index in [-0.39, 0.29) is 0 Å². The van der Waals surface area contributed by atoms with E-state index < -0.39 is 28.4 Å². The lowest BCUT2D eigenvalue weighted by atomic mass is 9.94. The Morgan fingerprint density at radius 1 is 1.22 bits per heavy atom. The first kappa shape index (κ1) is 17.1. The van der Waals surface area contributed by atoms with Crippen molar-refractivity contribution in [2.75, 3.05) is 7.05 Å². The highest BCUT2D eigenvalue weighted by atomic mass is 35.5. The lowest BCUT2D eigenvalue weighted by Crippen LogP contribution is -2.41. The van der Waals surface area contributed by atoms with Crippen LogP contribution in [-0.4, -0.2) is 36.3 Å². The van der Waals surface area contributed by atoms with E-state index in [2.05, 4.69) is 0 Å². The standard InChI is InChI=1S/C15H20ClNO5S/c1-17(23(18,19)20)14-13(11-7-3-4-8-12(11)16)21-15(22-14)9-5-2-6-10-15/h3-4,7-8,13-14H,2,5-6,9-10H2,1H3,(H,18,19,20). The zero-order chi connectivity index (χ0) is 16.7. The lowest BCUT2D eigenvalue weighted by molar-refractivity contribution is -0.200. The Morgan fingerprint density at radius 3 is 2.48 bits per heavy atom. The first-order valence-corrected chi connectivity index (χ1v) is 9.40. The number of benzene rings is 1. The first-order chi connectivity index (χ1) is 10.8. The third kappa shape index (κ3) is 3.40. The molecule has 1 heterocycles. The third-order valence-electron chi connectivity index (χ3n) is 4.49. The quantitative estimate of drug-likeness (QED) is 0.837. The summed E-state index contributed by atoms with van der Waals surface area (Å²) in [6.45, 7) is 0. The minimum Gasteiger partial charge on any atom is -0.338 e. The van der Waals surface area contributed by atoms with Crippen LogP contribution in [0.3, 0.4) is 0 Å². The van der Waals surface area contributed by atoms with Gasteiger partial charge in [-0.2, -0.15) is 12.7 Å². The SMILES string of the molecule is CN(C1OC2(CCCCC2)OC1c1ccccc1Cl)S(=O)(=O)O. The van der Waals surface area contributed by atoms with Gasteiger partial charge in [-0.15, -0.1) is 0 Å². The molecule has 1 aromatic carbocycles. The van der Waals surface area contributed by atoms with E-state index in [1.165, 1.54) is 7.05 Å². The van der Waals surface area contributed by atoms with Gasteiger partial charge >= 0.3 is 10.3 Å². The summed E-state index contributed by atoms with van der Waals surface area (Å²) in [7, 11) is -3.14. The summed E-state index contributed by atoms with van der Waals surface area (Å²) in [5, 5.41) is 0.475. The number of hydrogen-bond acceptors (Lipinski definition) is 4. The summed E-state index contributed by atoms with van der Waals surface area (Å²) < 4.78 is 45.5. The molecule has 0 bridgehead atoms. The second-order valence-corrected chi connectivity index (χ2v) is 7.91. The van der Waals surface area contributed by atoms with Gasteiger partial charge in [-0.3, -0.25) is 4.55 Å². The van der Waals surface area contributed by atoms with E-state index >= 15 is 0 Å². The van der Waals surface area contributed by atoms with Gasteiger partial charge in [-0.1, -0.05) is 36.2 Å². The molecule has 3 rings (SSSR count). The van der Waals surface area contributed by atoms with Gasteiger partial charge in [-0.05, 0) is 18.9 Å². The Bertz CT molecular complexity index is 674. The fourth-order valence-electron chi connectivity index (χ4n) is 3.24. The van der Waals surface area contributed by atoms with Gasteiger partial charge < -0.3 is 9.47 Å². The van der Waals surface area contributed by atoms with Crippen LogP contribution in [0.25, 0.3) is 0 Å². The van der Waals surface area contributed by atoms with Gasteiger partial charge in [0, 0.05) is 30.5 Å². The third-order valence-corrected chi connectivity index (χ3v) is 5.77. The Hall–Kier alpha value is -0.700. The topological polar surface area (TPSA) is 76.1 Å². The molecule has 8 heteroatoms. The minimum absolute atomic E-state index is 0.475. The van der Waals surface area contributed by atoms with E-state index in [0.29, 0.717) is 23.4 Å². The van der Waals surface area contributed by atoms with Gasteiger partial charge in [0.15, 0.2) is 12.0 Å². The van der Waals surface area contributed by atoms with Crippen LogP contribution in [0.1, 0.15) is 43.8 Å². The Morgan fingerprint density at radius 2 is 1.87 bits per heavy atom. The van der Waals surface area contributed by atoms with Crippen molar-refractivity contribution in [2.45, 2.75) is 50.2 Å². The zero-order valence-electron chi connectivity index (χ0n) is 12.8. The van der Waals surface area contributed by atoms with Crippen molar-refractivity contribution in [2.24, 2.45) is 0 Å². The van der Waals surface area contributed by atoms with Crippen LogP contribution in [0.4, 0.5) is 0 Å². The molecule has 1 saturated carbocycles. The summed E-state index contributed by atoms with van der Waals surface area (Å²) in [5.74, 6) is -0.814. The predicted octanol–water partition coefficient (Wildman–Crippen LogP) is 3.15. The van der Waals surface area contributed by atoms with E-state index in [4.69, 9.17) is 21.1 Å². The Kier molecular flexibility index (Phi) is 4.70. The number of nitrogens with zero attached hydrogens (tertiary/aromatic N) is 1. The van der Waals surface area contributed by atoms with Gasteiger partial charge in [-0.25, -0.2) is 0 Å². The molecule has 1 N–H and O–H groups in total. The number of likely N-dealkylation sites (N-methyl/N-ethyl adjacent to an activating group) is 1. The van der Waals surface area contributed by atoms with Gasteiger partial charge in [0.2, 0.25) is 0 Å². The summed E-state index contributed by atoms with van der Waals surface area (Å²) in [4.78, 5) is 0. The number of halogens is 1. The molecule has 0 amide bonds. The highest BCUT2D eigenvalue weighted by Gasteiger charge is 2.52. The molecule has 2 aliphatic rings. The summed E-state index contributed by atoms with van der Waals surface area (Å²) >= 11 is 6.25. The molecule has 0 radical (unpaired) electrons. The molecule has 2 fully saturated rings. The van der Waals surface area contributed by atoms with E-state index in [0.717, 1.165) is 23.6 Å². The molecule has 23 heavy (non-hydrogen) atoms. The van der Waals surface area contributed by atoms with E-state index in [1.807, 2.05) is 0 Å². The molecule has 1 aliphatic heterocycles. The largest absolute Gasteiger partial charge is 0.338 e. The van der Waals surface area contributed by atoms with Crippen molar-refractivity contribution in [3.05, 3.63) is 34.9 Å². The van der Waals surface area contributed by atoms with Gasteiger partial charge in [0.05, 0.1) is 0 Å². The van der Waals surface area contributed by atoms with Crippen molar-refractivity contribution in [3.63, 3.8) is 0 Å². The zero-order valence-corrected chi connectivity index (χ0v) is 14.4. The van der Waals surface area contributed by atoms with Crippen molar-refractivity contribution in [3.8, 4) is 0 Å². The average Bonchev–Trinajstić information content (AvgIpc) is 2.85. The maximum absolute atomic E-state index is 11.6. The molecule has 1 aromatic rings. The summed E-state index contributed by atoms with van der Waals surface area (Å²) in [6.07, 6.45) is 2.77. The van der Waals surface area contributed by atoms with Crippen molar-refractivity contribution in [1.29, 1.82) is 0 Å². The van der Waals surface area contributed by atoms with Crippen LogP contribution in [0.5, 0.6) is 0 Å². The molecule has 2 atom stereocenters. The maximum Gasteiger partial charge on any atom is 0.337 e. The Labute approximate surface area is 141 Å². The molecule has 2 unspecified atom stereocenters. The minimum atomic E-state index is -4.41. The summed E-state index contributed by atoms with van der Waals surface area (Å²) in [5.41, 5.74) is 0.650. The lowest BCUT2D eigenvalue weighted by Gasteiger charge is -2.32. The molecule has 0 aromatic heterocycles. The normalized spacial score (nSPS) is 27.7. The van der Waals surface area contributed by atoms with Crippen molar-refractivity contribution < 1.29 is 22.4 Å². The van der Waals surface area contributed by atoms with Crippen LogP contribution in [-0.2, 0) is 19.8 Å². The number of ether oxygens (including phenoxy) is 2. The maximum atomic E-state index is 11.6. The molecule has 1 saturated heterocycles. The van der Waals surface area contributed by atoms with Crippen LogP contribution < -0.4 is 0 Å². The monoisotopic (exact) mass is 361 g/mol. The molecule has 128 valence electrons. The van der Waals surface area contributed by atoms with Crippen molar-refractivity contribution in [1.82, 2.24) is 4.31 Å². The van der Waals surface area contributed by atoms with E-state index in [1.54, 1.807) is 24.3 Å². The van der Waals surface area contributed by atoms with Crippen LogP contribution in [0, 0.1) is 0 Å². The number of hydrogen-bond donors (Lipinski definition) is 1. The highest BCUT2D eigenvalue weighted by Crippen LogP contribution is 2.48.